The fourth-order valence-corrected chi connectivity index (χ4v) is 9.24. The molecule has 0 unspecified atom stereocenters. The number of carboxylic acids is 2. The molecule has 2 N–H and O–H groups in total. The monoisotopic (exact) mass is 484 g/mol. The Morgan fingerprint density at radius 2 is 1.66 bits per heavy atom. The van der Waals surface area contributed by atoms with E-state index >= 15 is 0 Å². The van der Waals surface area contributed by atoms with E-state index in [1.54, 1.807) is 24.1 Å². The lowest BCUT2D eigenvalue weighted by atomic mass is 9.43. The third-order valence-electron chi connectivity index (χ3n) is 11.6. The van der Waals surface area contributed by atoms with Crippen LogP contribution in [-0.4, -0.2) is 27.9 Å². The molecule has 0 aromatic heterocycles. The number of allylic oxidation sites excluding steroid dienone is 3. The summed E-state index contributed by atoms with van der Waals surface area (Å²) < 4.78 is 0. The lowest BCUT2D eigenvalue weighted by Crippen LogP contribution is -2.54. The number of ketones is 1. The predicted molar refractivity (Wildman–Crippen MR) is 136 cm³/mol. The van der Waals surface area contributed by atoms with Crippen LogP contribution < -0.4 is 0 Å². The number of hydrogen-bond acceptors (Lipinski definition) is 3. The van der Waals surface area contributed by atoms with Crippen LogP contribution in [0.1, 0.15) is 106 Å². The van der Waals surface area contributed by atoms with Gasteiger partial charge in [0.25, 0.3) is 0 Å². The Bertz CT molecular complexity index is 1000. The van der Waals surface area contributed by atoms with Crippen molar-refractivity contribution in [3.63, 3.8) is 0 Å². The van der Waals surface area contributed by atoms with Crippen LogP contribution in [-0.2, 0) is 14.4 Å². The fraction of sp³-hybridized carbons (Fsp3) is 0.767. The molecule has 0 amide bonds. The first kappa shape index (κ1) is 26.2. The second-order valence-electron chi connectivity index (χ2n) is 13.2. The van der Waals surface area contributed by atoms with Crippen molar-refractivity contribution in [2.75, 3.05) is 0 Å². The average molecular weight is 485 g/mol. The van der Waals surface area contributed by atoms with Crippen LogP contribution in [0.2, 0.25) is 0 Å². The van der Waals surface area contributed by atoms with Crippen LogP contribution in [0.25, 0.3) is 0 Å². The van der Waals surface area contributed by atoms with Crippen molar-refractivity contribution < 1.29 is 24.6 Å². The molecule has 5 heteroatoms. The van der Waals surface area contributed by atoms with E-state index in [9.17, 15) is 19.5 Å². The minimum Gasteiger partial charge on any atom is -0.481 e. The molecule has 0 spiro atoms. The molecule has 0 bridgehead atoms. The minimum absolute atomic E-state index is 0.00858. The molecule has 6 atom stereocenters. The maximum Gasteiger partial charge on any atom is 0.330 e. The number of Topliss-reactive ketones (excluding diaryl/α,β-unsaturated/α-hetero) is 1. The van der Waals surface area contributed by atoms with Gasteiger partial charge in [0.15, 0.2) is 0 Å². The second kappa shape index (κ2) is 8.59. The van der Waals surface area contributed by atoms with Gasteiger partial charge in [-0.3, -0.25) is 9.59 Å². The molecular formula is C30H44O5. The molecule has 0 saturated heterocycles. The average Bonchev–Trinajstić information content (AvgIpc) is 3.05. The van der Waals surface area contributed by atoms with Crippen LogP contribution in [0.3, 0.4) is 0 Å². The normalized spacial score (nSPS) is 39.5. The molecule has 4 aliphatic carbocycles. The zero-order valence-electron chi connectivity index (χ0n) is 22.5. The Morgan fingerprint density at radius 1 is 0.971 bits per heavy atom. The Balaban J connectivity index is 1.66. The summed E-state index contributed by atoms with van der Waals surface area (Å²) in [5, 5.41) is 19.4. The van der Waals surface area contributed by atoms with Gasteiger partial charge in [-0.25, -0.2) is 4.79 Å². The summed E-state index contributed by atoms with van der Waals surface area (Å²) in [5.41, 5.74) is 3.17. The number of carboxylic acid groups (broad SMARTS) is 2. The fourth-order valence-electron chi connectivity index (χ4n) is 9.24. The van der Waals surface area contributed by atoms with Gasteiger partial charge in [-0.15, -0.1) is 0 Å². The van der Waals surface area contributed by atoms with Crippen LogP contribution >= 0.6 is 0 Å². The summed E-state index contributed by atoms with van der Waals surface area (Å²) in [6.45, 7) is 13.0. The van der Waals surface area contributed by atoms with Crippen molar-refractivity contribution >= 4 is 17.7 Å². The highest BCUT2D eigenvalue weighted by Crippen LogP contribution is 2.72. The van der Waals surface area contributed by atoms with Crippen LogP contribution in [0.5, 0.6) is 0 Å². The van der Waals surface area contributed by atoms with Gasteiger partial charge < -0.3 is 10.2 Å². The van der Waals surface area contributed by atoms with Crippen molar-refractivity contribution in [2.45, 2.75) is 106 Å². The first-order valence-corrected chi connectivity index (χ1v) is 13.6. The molecule has 0 aromatic rings. The van der Waals surface area contributed by atoms with Gasteiger partial charge in [-0.2, -0.15) is 0 Å². The minimum atomic E-state index is -0.944. The molecule has 0 radical (unpaired) electrons. The van der Waals surface area contributed by atoms with E-state index in [0.717, 1.165) is 44.9 Å². The number of aliphatic carboxylic acids is 2. The van der Waals surface area contributed by atoms with Crippen LogP contribution in [0.15, 0.2) is 22.8 Å². The van der Waals surface area contributed by atoms with Crippen LogP contribution in [0, 0.1) is 39.4 Å². The zero-order valence-corrected chi connectivity index (χ0v) is 22.5. The van der Waals surface area contributed by atoms with Gasteiger partial charge in [0.2, 0.25) is 0 Å². The summed E-state index contributed by atoms with van der Waals surface area (Å²) in [7, 11) is 0. The summed E-state index contributed by atoms with van der Waals surface area (Å²) >= 11 is 0. The first-order chi connectivity index (χ1) is 16.2. The molecule has 0 heterocycles. The maximum atomic E-state index is 12.8. The Morgan fingerprint density at radius 3 is 2.29 bits per heavy atom. The topological polar surface area (TPSA) is 91.7 Å². The molecular weight excluding hydrogens is 440 g/mol. The number of carbonyl (C=O) groups excluding carboxylic acids is 1. The summed E-state index contributed by atoms with van der Waals surface area (Å²) in [4.78, 5) is 36.4. The lowest BCUT2D eigenvalue weighted by Gasteiger charge is -2.60. The molecule has 0 aliphatic heterocycles. The van der Waals surface area contributed by atoms with E-state index in [2.05, 4.69) is 34.6 Å². The first-order valence-electron chi connectivity index (χ1n) is 13.6. The third kappa shape index (κ3) is 3.74. The van der Waals surface area contributed by atoms with E-state index < -0.39 is 17.9 Å². The highest BCUT2D eigenvalue weighted by Gasteiger charge is 2.64. The van der Waals surface area contributed by atoms with E-state index in [-0.39, 0.29) is 33.2 Å². The standard InChI is InChI=1S/C30H44O5/c1-18(25(32)33)8-7-9-19(26(34)35)20-12-16-30(6)22-10-11-23-27(2,3)24(31)14-15-28(23,4)21(22)13-17-29(20,30)5/h8,19-20,23H,7,9-17H2,1-6H3,(H,32,33)(H,34,35)/b18-8+/t19-,20+,23-,28+,29+,30-/m0/s1. The number of hydrogen-bond donors (Lipinski definition) is 2. The van der Waals surface area contributed by atoms with Gasteiger partial charge in [-0.05, 0) is 92.8 Å². The maximum absolute atomic E-state index is 12.8. The zero-order chi connectivity index (χ0) is 26.0. The molecule has 2 saturated carbocycles. The van der Waals surface area contributed by atoms with Gasteiger partial charge >= 0.3 is 11.9 Å². The SMILES string of the molecule is C/C(=C\CC[C@H](C(=O)O)[C@H]1CC[C@@]2(C)C3=C(CC[C@]12C)[C@@]1(C)CCC(=O)C(C)(C)[C@@H]1CC3)C(=O)O. The van der Waals surface area contributed by atoms with Crippen LogP contribution in [0.4, 0.5) is 0 Å². The molecule has 2 fully saturated rings. The number of carbonyl (C=O) groups is 3. The van der Waals surface area contributed by atoms with Crippen molar-refractivity contribution in [2.24, 2.45) is 39.4 Å². The van der Waals surface area contributed by atoms with Crippen molar-refractivity contribution in [1.82, 2.24) is 0 Å². The summed E-state index contributed by atoms with van der Waals surface area (Å²) in [5.74, 6) is -1.26. The summed E-state index contributed by atoms with van der Waals surface area (Å²) in [6.07, 6.45) is 10.3. The van der Waals surface area contributed by atoms with Crippen molar-refractivity contribution in [1.29, 1.82) is 0 Å². The molecule has 4 rings (SSSR count). The number of rotatable bonds is 6. The second-order valence-corrected chi connectivity index (χ2v) is 13.2. The van der Waals surface area contributed by atoms with E-state index in [4.69, 9.17) is 5.11 Å². The molecule has 194 valence electrons. The molecule has 5 nitrogen and oxygen atoms in total. The van der Waals surface area contributed by atoms with Gasteiger partial charge in [0.1, 0.15) is 5.78 Å². The van der Waals surface area contributed by atoms with Gasteiger partial charge in [0.05, 0.1) is 5.92 Å². The largest absolute Gasteiger partial charge is 0.481 e. The molecule has 0 aromatic carbocycles. The highest BCUT2D eigenvalue weighted by molar-refractivity contribution is 5.86. The van der Waals surface area contributed by atoms with E-state index in [1.165, 1.54) is 0 Å². The Hall–Kier alpha value is -1.91. The molecule has 35 heavy (non-hydrogen) atoms. The lowest BCUT2D eigenvalue weighted by molar-refractivity contribution is -0.146. The number of fused-ring (bicyclic) bond motifs is 4. The predicted octanol–water partition coefficient (Wildman–Crippen LogP) is 6.82. The van der Waals surface area contributed by atoms with Gasteiger partial charge in [-0.1, -0.05) is 51.8 Å². The third-order valence-corrected chi connectivity index (χ3v) is 11.6. The highest BCUT2D eigenvalue weighted by atomic mass is 16.4. The van der Waals surface area contributed by atoms with Gasteiger partial charge in [0, 0.05) is 17.4 Å². The smallest absolute Gasteiger partial charge is 0.330 e. The van der Waals surface area contributed by atoms with E-state index in [1.807, 2.05) is 0 Å². The van der Waals surface area contributed by atoms with E-state index in [0.29, 0.717) is 31.0 Å². The molecule has 4 aliphatic rings. The van der Waals surface area contributed by atoms with Crippen molar-refractivity contribution in [3.05, 3.63) is 22.8 Å². The quantitative estimate of drug-likeness (QED) is 0.319. The Labute approximate surface area is 210 Å². The van der Waals surface area contributed by atoms with Crippen molar-refractivity contribution in [3.8, 4) is 0 Å². The Kier molecular flexibility index (Phi) is 6.42. The summed E-state index contributed by atoms with van der Waals surface area (Å²) in [6, 6.07) is 0.